The first kappa shape index (κ1) is 20.8. The molecule has 1 fully saturated rings. The Hall–Kier alpha value is -2.97. The van der Waals surface area contributed by atoms with E-state index in [1.54, 1.807) is 22.2 Å². The fraction of sp³-hybridized carbons (Fsp3) is 0.286. The summed E-state index contributed by atoms with van der Waals surface area (Å²) in [5.74, 6) is 0.0912. The molecule has 1 N–H and O–H groups in total. The van der Waals surface area contributed by atoms with Crippen LogP contribution in [0.25, 0.3) is 5.69 Å². The average Bonchev–Trinajstić information content (AvgIpc) is 3.40. The molecule has 0 bridgehead atoms. The zero-order valence-electron chi connectivity index (χ0n) is 16.1. The molecule has 1 aromatic carbocycles. The summed E-state index contributed by atoms with van der Waals surface area (Å²) in [5, 5.41) is 15.5. The van der Waals surface area contributed by atoms with E-state index in [0.29, 0.717) is 5.56 Å². The van der Waals surface area contributed by atoms with Gasteiger partial charge < -0.3 is 10.0 Å². The number of aromatic nitrogens is 2. The van der Waals surface area contributed by atoms with Gasteiger partial charge in [-0.1, -0.05) is 12.1 Å². The highest BCUT2D eigenvalue weighted by Gasteiger charge is 2.22. The number of carboxylic acid groups (broad SMARTS) is 1. The normalized spacial score (nSPS) is 14.6. The maximum atomic E-state index is 13.2. The highest BCUT2D eigenvalue weighted by atomic mass is 32.1. The van der Waals surface area contributed by atoms with E-state index in [-0.39, 0.29) is 12.4 Å². The van der Waals surface area contributed by atoms with Gasteiger partial charge in [0.15, 0.2) is 0 Å². The molecule has 3 heterocycles. The Morgan fingerprint density at radius 2 is 1.97 bits per heavy atom. The number of amides is 1. The lowest BCUT2D eigenvalue weighted by atomic mass is 10.1. The maximum absolute atomic E-state index is 13.2. The number of benzene rings is 1. The molecular weight excluding hydrogens is 388 g/mol. The van der Waals surface area contributed by atoms with Gasteiger partial charge in [0.1, 0.15) is 0 Å². The maximum Gasteiger partial charge on any atom is 0.290 e. The van der Waals surface area contributed by atoms with Crippen LogP contribution in [0, 0.1) is 0 Å². The van der Waals surface area contributed by atoms with Gasteiger partial charge >= 0.3 is 0 Å². The quantitative estimate of drug-likeness (QED) is 0.667. The standard InChI is InChI=1S/C20H22N4OS.CH2O2/c25-20(18-5-1-2-6-19(18)24-11-3-8-21-24)23-10-4-9-22(12-13-23)15-17-7-14-26-16-17;2-1-3/h1-3,5-8,11,14,16H,4,9-10,12-13,15H2;1H,(H,2,3). The number of rotatable bonds is 4. The van der Waals surface area contributed by atoms with Crippen LogP contribution in [0.2, 0.25) is 0 Å². The summed E-state index contributed by atoms with van der Waals surface area (Å²) in [4.78, 5) is 25.9. The molecule has 0 unspecified atom stereocenters. The van der Waals surface area contributed by atoms with Crippen LogP contribution in [0.1, 0.15) is 22.3 Å². The van der Waals surface area contributed by atoms with E-state index in [4.69, 9.17) is 9.90 Å². The Bertz CT molecular complexity index is 897. The molecule has 4 rings (SSSR count). The molecule has 0 atom stereocenters. The number of hydrogen-bond acceptors (Lipinski definition) is 5. The Morgan fingerprint density at radius 1 is 1.14 bits per heavy atom. The predicted octanol–water partition coefficient (Wildman–Crippen LogP) is 2.98. The molecule has 0 saturated carbocycles. The van der Waals surface area contributed by atoms with Crippen LogP contribution in [0.5, 0.6) is 0 Å². The number of para-hydroxylation sites is 1. The number of carbonyl (C=O) groups is 2. The monoisotopic (exact) mass is 412 g/mol. The van der Waals surface area contributed by atoms with Crippen LogP contribution in [-0.2, 0) is 11.3 Å². The number of hydrogen-bond donors (Lipinski definition) is 1. The third kappa shape index (κ3) is 5.52. The Balaban J connectivity index is 0.000000755. The summed E-state index contributed by atoms with van der Waals surface area (Å²) in [6.07, 6.45) is 4.60. The van der Waals surface area contributed by atoms with Crippen molar-refractivity contribution < 1.29 is 14.7 Å². The lowest BCUT2D eigenvalue weighted by Gasteiger charge is -2.23. The van der Waals surface area contributed by atoms with Gasteiger partial charge in [0.2, 0.25) is 0 Å². The highest BCUT2D eigenvalue weighted by Crippen LogP contribution is 2.18. The Kier molecular flexibility index (Phi) is 7.54. The van der Waals surface area contributed by atoms with Gasteiger partial charge in [-0.2, -0.15) is 16.4 Å². The lowest BCUT2D eigenvalue weighted by molar-refractivity contribution is -0.122. The van der Waals surface area contributed by atoms with Gasteiger partial charge in [0.25, 0.3) is 12.4 Å². The van der Waals surface area contributed by atoms with Gasteiger partial charge in [-0.15, -0.1) is 0 Å². The van der Waals surface area contributed by atoms with Crippen molar-refractivity contribution in [3.05, 3.63) is 70.7 Å². The Morgan fingerprint density at radius 3 is 2.69 bits per heavy atom. The van der Waals surface area contributed by atoms with Gasteiger partial charge in [-0.05, 0) is 47.0 Å². The fourth-order valence-corrected chi connectivity index (χ4v) is 4.07. The van der Waals surface area contributed by atoms with Crippen LogP contribution >= 0.6 is 11.3 Å². The highest BCUT2D eigenvalue weighted by molar-refractivity contribution is 7.07. The third-order valence-corrected chi connectivity index (χ3v) is 5.48. The molecular formula is C21H24N4O3S. The molecule has 0 aliphatic carbocycles. The summed E-state index contributed by atoms with van der Waals surface area (Å²) in [6, 6.07) is 11.8. The van der Waals surface area contributed by atoms with Gasteiger partial charge in [0, 0.05) is 45.1 Å². The van der Waals surface area contributed by atoms with Crippen LogP contribution in [0.4, 0.5) is 0 Å². The van der Waals surface area contributed by atoms with Crippen molar-refractivity contribution in [3.63, 3.8) is 0 Å². The molecule has 8 heteroatoms. The van der Waals surface area contributed by atoms with E-state index in [1.807, 2.05) is 41.4 Å². The molecule has 2 aromatic heterocycles. The van der Waals surface area contributed by atoms with Crippen molar-refractivity contribution in [1.29, 1.82) is 0 Å². The molecule has 1 aliphatic heterocycles. The number of carbonyl (C=O) groups excluding carboxylic acids is 1. The molecule has 1 aliphatic rings. The molecule has 29 heavy (non-hydrogen) atoms. The number of nitrogens with zero attached hydrogens (tertiary/aromatic N) is 4. The lowest BCUT2D eigenvalue weighted by Crippen LogP contribution is -2.35. The molecule has 3 aromatic rings. The molecule has 152 valence electrons. The van der Waals surface area contributed by atoms with Gasteiger partial charge in [0.05, 0.1) is 11.3 Å². The minimum absolute atomic E-state index is 0.0912. The molecule has 1 saturated heterocycles. The largest absolute Gasteiger partial charge is 0.483 e. The molecule has 7 nitrogen and oxygen atoms in total. The van der Waals surface area contributed by atoms with E-state index < -0.39 is 0 Å². The summed E-state index contributed by atoms with van der Waals surface area (Å²) >= 11 is 1.74. The topological polar surface area (TPSA) is 78.7 Å². The second-order valence-electron chi connectivity index (χ2n) is 6.63. The molecule has 0 radical (unpaired) electrons. The van der Waals surface area contributed by atoms with Crippen molar-refractivity contribution in [2.24, 2.45) is 0 Å². The predicted molar refractivity (Wildman–Crippen MR) is 112 cm³/mol. The van der Waals surface area contributed by atoms with E-state index >= 15 is 0 Å². The zero-order chi connectivity index (χ0) is 20.5. The van der Waals surface area contributed by atoms with Crippen molar-refractivity contribution in [1.82, 2.24) is 19.6 Å². The number of thiophene rings is 1. The SMILES string of the molecule is O=C(c1ccccc1-n1cccn1)N1CCCN(Cc2ccsc2)CC1.O=CO. The summed E-state index contributed by atoms with van der Waals surface area (Å²) in [6.45, 7) is 4.21. The van der Waals surface area contributed by atoms with Crippen molar-refractivity contribution in [3.8, 4) is 5.69 Å². The van der Waals surface area contributed by atoms with Crippen molar-refractivity contribution >= 4 is 23.7 Å². The first-order valence-electron chi connectivity index (χ1n) is 9.42. The van der Waals surface area contributed by atoms with E-state index in [2.05, 4.69) is 26.8 Å². The second kappa shape index (κ2) is 10.5. The first-order chi connectivity index (χ1) is 14.2. The summed E-state index contributed by atoms with van der Waals surface area (Å²) < 4.78 is 1.76. The molecule has 0 spiro atoms. The van der Waals surface area contributed by atoms with Crippen LogP contribution in [0.3, 0.4) is 0 Å². The van der Waals surface area contributed by atoms with Crippen LogP contribution < -0.4 is 0 Å². The first-order valence-corrected chi connectivity index (χ1v) is 10.4. The third-order valence-electron chi connectivity index (χ3n) is 4.75. The van der Waals surface area contributed by atoms with Gasteiger partial charge in [-0.25, -0.2) is 4.68 Å². The van der Waals surface area contributed by atoms with Crippen LogP contribution in [-0.4, -0.2) is 63.2 Å². The molecule has 1 amide bonds. The van der Waals surface area contributed by atoms with E-state index in [9.17, 15) is 4.79 Å². The zero-order valence-corrected chi connectivity index (χ0v) is 16.9. The van der Waals surface area contributed by atoms with Crippen LogP contribution in [0.15, 0.2) is 59.6 Å². The minimum atomic E-state index is -0.250. The van der Waals surface area contributed by atoms with E-state index in [1.165, 1.54) is 5.56 Å². The van der Waals surface area contributed by atoms with Crippen molar-refractivity contribution in [2.45, 2.75) is 13.0 Å². The summed E-state index contributed by atoms with van der Waals surface area (Å²) in [7, 11) is 0. The van der Waals surface area contributed by atoms with Gasteiger partial charge in [-0.3, -0.25) is 14.5 Å². The second-order valence-corrected chi connectivity index (χ2v) is 7.41. The fourth-order valence-electron chi connectivity index (χ4n) is 3.41. The smallest absolute Gasteiger partial charge is 0.290 e. The minimum Gasteiger partial charge on any atom is -0.483 e. The summed E-state index contributed by atoms with van der Waals surface area (Å²) in [5.41, 5.74) is 2.91. The average molecular weight is 413 g/mol. The Labute approximate surface area is 173 Å². The van der Waals surface area contributed by atoms with Crippen molar-refractivity contribution in [2.75, 3.05) is 26.2 Å². The van der Waals surface area contributed by atoms with E-state index in [0.717, 1.165) is 44.8 Å².